The number of ether oxygens (including phenoxy) is 2. The second-order valence-electron chi connectivity index (χ2n) is 9.04. The third-order valence-electron chi connectivity index (χ3n) is 6.78. The first-order valence-corrected chi connectivity index (χ1v) is 11.1. The van der Waals surface area contributed by atoms with Crippen LogP contribution in [0.15, 0.2) is 11.6 Å². The number of hydrogen-bond acceptors (Lipinski definition) is 10. The van der Waals surface area contributed by atoms with E-state index in [0.29, 0.717) is 5.57 Å². The van der Waals surface area contributed by atoms with E-state index in [1.165, 1.54) is 6.92 Å². The van der Waals surface area contributed by atoms with Crippen molar-refractivity contribution in [2.75, 3.05) is 19.7 Å². The van der Waals surface area contributed by atoms with E-state index in [4.69, 9.17) is 29.9 Å². The molecule has 7 atom stereocenters. The highest BCUT2D eigenvalue weighted by atomic mass is 16.6. The highest BCUT2D eigenvalue weighted by molar-refractivity contribution is 5.89. The number of rotatable bonds is 3. The molecule has 0 aliphatic carbocycles. The highest BCUT2D eigenvalue weighted by Crippen LogP contribution is 2.36. The van der Waals surface area contributed by atoms with E-state index in [2.05, 4.69) is 4.90 Å². The van der Waals surface area contributed by atoms with Crippen LogP contribution in [0.1, 0.15) is 40.0 Å². The molecule has 12 heteroatoms. The Kier molecular flexibility index (Phi) is 9.17. The summed E-state index contributed by atoms with van der Waals surface area (Å²) >= 11 is 0. The average Bonchev–Trinajstić information content (AvgIpc) is 3.36. The number of carbonyl (C=O) groups excluding carboxylic acids is 2. The Morgan fingerprint density at radius 2 is 1.68 bits per heavy atom. The van der Waals surface area contributed by atoms with Gasteiger partial charge in [0.25, 0.3) is 0 Å². The second-order valence-corrected chi connectivity index (χ2v) is 9.04. The van der Waals surface area contributed by atoms with Crippen LogP contribution in [-0.2, 0) is 28.7 Å². The lowest BCUT2D eigenvalue weighted by Crippen LogP contribution is -2.46. The van der Waals surface area contributed by atoms with Crippen LogP contribution in [-0.4, -0.2) is 104 Å². The Bertz CT molecular complexity index is 806. The average molecular weight is 488 g/mol. The molecule has 12 nitrogen and oxygen atoms in total. The van der Waals surface area contributed by atoms with Gasteiger partial charge in [0.15, 0.2) is 17.8 Å². The minimum absolute atomic E-state index is 0.113. The molecule has 0 saturated carbocycles. The molecule has 0 aromatic heterocycles. The summed E-state index contributed by atoms with van der Waals surface area (Å²) in [5.41, 5.74) is -1.12. The number of esters is 2. The topological polar surface area (TPSA) is 191 Å². The van der Waals surface area contributed by atoms with Crippen molar-refractivity contribution < 1.29 is 54.2 Å². The van der Waals surface area contributed by atoms with Crippen LogP contribution in [0.2, 0.25) is 0 Å². The van der Waals surface area contributed by atoms with Gasteiger partial charge in [0, 0.05) is 18.0 Å². The molecule has 0 aromatic carbocycles. The number of cyclic esters (lactones) is 1. The SMILES string of the molecule is C/C=C1/C[C@@H](C)C(C)(O)C(=O)OC[C@H]2CCN3CC[C@@H](OC1=O)[C@@H]23.O=C(O)C(O)C(O)C(=O)O. The van der Waals surface area contributed by atoms with Crippen molar-refractivity contribution in [3.8, 4) is 0 Å². The van der Waals surface area contributed by atoms with Crippen LogP contribution in [0.25, 0.3) is 0 Å². The van der Waals surface area contributed by atoms with E-state index < -0.39 is 41.6 Å². The summed E-state index contributed by atoms with van der Waals surface area (Å²) in [4.78, 5) is 46.8. The Labute approximate surface area is 196 Å². The minimum atomic E-state index is -2.27. The zero-order valence-corrected chi connectivity index (χ0v) is 19.4. The van der Waals surface area contributed by atoms with Gasteiger partial charge in [-0.1, -0.05) is 13.0 Å². The maximum Gasteiger partial charge on any atom is 0.338 e. The fraction of sp³-hybridized carbons (Fsp3) is 0.727. The fourth-order valence-electron chi connectivity index (χ4n) is 4.38. The summed E-state index contributed by atoms with van der Waals surface area (Å²) in [5, 5.41) is 43.1. The van der Waals surface area contributed by atoms with Crippen molar-refractivity contribution in [1.29, 1.82) is 0 Å². The summed E-state index contributed by atoms with van der Waals surface area (Å²) < 4.78 is 11.3. The first-order valence-electron chi connectivity index (χ1n) is 11.1. The highest BCUT2D eigenvalue weighted by Gasteiger charge is 2.48. The van der Waals surface area contributed by atoms with Crippen LogP contribution < -0.4 is 0 Å². The number of hydrogen-bond donors (Lipinski definition) is 5. The summed E-state index contributed by atoms with van der Waals surface area (Å²) in [6, 6.07) is 0.113. The minimum Gasteiger partial charge on any atom is -0.479 e. The largest absolute Gasteiger partial charge is 0.479 e. The van der Waals surface area contributed by atoms with E-state index >= 15 is 0 Å². The van der Waals surface area contributed by atoms with E-state index in [9.17, 15) is 24.3 Å². The standard InChI is InChI=1S/C18H27NO5.C4H6O6/c1-4-12-9-11(2)18(3,22)17(21)23-10-13-5-7-19-8-6-14(15(13)19)24-16(12)20;5-1(3(7)8)2(6)4(9)10/h4,11,13-15,22H,5-10H2,1-3H3;1-2,5-6H,(H,7,8)(H,9,10)/b12-4-;/t11-,13-,14-,15-,18?;/m1./s1. The fourth-order valence-corrected chi connectivity index (χ4v) is 4.38. The quantitative estimate of drug-likeness (QED) is 0.245. The number of carboxylic acids is 2. The van der Waals surface area contributed by atoms with E-state index in [-0.39, 0.29) is 37.1 Å². The third-order valence-corrected chi connectivity index (χ3v) is 6.78. The molecule has 34 heavy (non-hydrogen) atoms. The molecule has 3 heterocycles. The molecular formula is C22H33NO11. The van der Waals surface area contributed by atoms with Crippen LogP contribution in [0, 0.1) is 11.8 Å². The predicted octanol–water partition coefficient (Wildman–Crippen LogP) is -0.850. The van der Waals surface area contributed by atoms with Gasteiger partial charge in [-0.25, -0.2) is 19.2 Å². The molecule has 0 amide bonds. The van der Waals surface area contributed by atoms with Crippen LogP contribution in [0.5, 0.6) is 0 Å². The van der Waals surface area contributed by atoms with Gasteiger partial charge >= 0.3 is 23.9 Å². The Hall–Kier alpha value is -2.54. The molecule has 3 saturated heterocycles. The van der Waals surface area contributed by atoms with E-state index in [1.54, 1.807) is 19.9 Å². The van der Waals surface area contributed by atoms with Crippen molar-refractivity contribution in [3.63, 3.8) is 0 Å². The normalized spacial score (nSPS) is 34.9. The smallest absolute Gasteiger partial charge is 0.338 e. The van der Waals surface area contributed by atoms with Gasteiger partial charge in [-0.15, -0.1) is 0 Å². The van der Waals surface area contributed by atoms with Crippen LogP contribution in [0.4, 0.5) is 0 Å². The summed E-state index contributed by atoms with van der Waals surface area (Å²) in [6.07, 6.45) is -0.943. The van der Waals surface area contributed by atoms with Gasteiger partial charge in [-0.05, 0) is 45.6 Å². The van der Waals surface area contributed by atoms with Gasteiger partial charge in [-0.3, -0.25) is 4.90 Å². The van der Waals surface area contributed by atoms with Gasteiger partial charge in [-0.2, -0.15) is 0 Å². The summed E-state index contributed by atoms with van der Waals surface area (Å²) in [6.45, 7) is 7.11. The first-order chi connectivity index (χ1) is 15.8. The number of aliphatic hydroxyl groups is 3. The van der Waals surface area contributed by atoms with Gasteiger partial charge in [0.2, 0.25) is 0 Å². The number of carbonyl (C=O) groups is 4. The van der Waals surface area contributed by atoms with Gasteiger partial charge in [0.05, 0.1) is 12.6 Å². The molecule has 3 aliphatic rings. The number of nitrogens with zero attached hydrogens (tertiary/aromatic N) is 1. The molecule has 3 rings (SSSR count). The number of carboxylic acid groups (broad SMARTS) is 2. The molecule has 3 fully saturated rings. The molecule has 0 radical (unpaired) electrons. The van der Waals surface area contributed by atoms with Crippen molar-refractivity contribution in [3.05, 3.63) is 11.6 Å². The summed E-state index contributed by atoms with van der Waals surface area (Å²) in [5.74, 6) is -4.76. The molecule has 3 aliphatic heterocycles. The number of allylic oxidation sites excluding steroid dienone is 1. The maximum absolute atomic E-state index is 12.6. The summed E-state index contributed by atoms with van der Waals surface area (Å²) in [7, 11) is 0. The monoisotopic (exact) mass is 487 g/mol. The molecule has 0 spiro atoms. The number of aliphatic hydroxyl groups excluding tert-OH is 2. The zero-order valence-electron chi connectivity index (χ0n) is 19.4. The lowest BCUT2D eigenvalue weighted by Gasteiger charge is -2.32. The second kappa shape index (κ2) is 11.3. The Morgan fingerprint density at radius 3 is 2.21 bits per heavy atom. The predicted molar refractivity (Wildman–Crippen MR) is 114 cm³/mol. The first kappa shape index (κ1) is 27.7. The lowest BCUT2D eigenvalue weighted by atomic mass is 9.85. The molecule has 192 valence electrons. The molecule has 0 aromatic rings. The van der Waals surface area contributed by atoms with E-state index in [1.807, 2.05) is 0 Å². The molecular weight excluding hydrogens is 454 g/mol. The van der Waals surface area contributed by atoms with Crippen LogP contribution in [0.3, 0.4) is 0 Å². The number of aliphatic carboxylic acids is 2. The molecule has 5 N–H and O–H groups in total. The Morgan fingerprint density at radius 1 is 1.12 bits per heavy atom. The maximum atomic E-state index is 12.6. The van der Waals surface area contributed by atoms with Gasteiger partial charge < -0.3 is 35.0 Å². The van der Waals surface area contributed by atoms with Gasteiger partial charge in [0.1, 0.15) is 6.10 Å². The molecule has 0 bridgehead atoms. The zero-order chi connectivity index (χ0) is 25.8. The lowest BCUT2D eigenvalue weighted by molar-refractivity contribution is -0.172. The van der Waals surface area contributed by atoms with Crippen molar-refractivity contribution >= 4 is 23.9 Å². The Balaban J connectivity index is 0.000000347. The van der Waals surface area contributed by atoms with E-state index in [0.717, 1.165) is 25.9 Å². The third kappa shape index (κ3) is 6.12. The van der Waals surface area contributed by atoms with Crippen LogP contribution >= 0.6 is 0 Å². The van der Waals surface area contributed by atoms with Crippen molar-refractivity contribution in [1.82, 2.24) is 4.90 Å². The van der Waals surface area contributed by atoms with Crippen molar-refractivity contribution in [2.24, 2.45) is 11.8 Å². The van der Waals surface area contributed by atoms with Crippen molar-refractivity contribution in [2.45, 2.75) is 70.0 Å². The molecule has 3 unspecified atom stereocenters.